The quantitative estimate of drug-likeness (QED) is 0.429. The van der Waals surface area contributed by atoms with Gasteiger partial charge in [0.25, 0.3) is 0 Å². The Hall–Kier alpha value is -3.88. The molecule has 1 amide bonds. The van der Waals surface area contributed by atoms with Gasteiger partial charge in [0.15, 0.2) is 5.78 Å². The number of benzene rings is 1. The summed E-state index contributed by atoms with van der Waals surface area (Å²) in [6.45, 7) is 0.283. The zero-order valence-corrected chi connectivity index (χ0v) is 21.9. The Balaban J connectivity index is 1.25. The zero-order chi connectivity index (χ0) is 28.2. The highest BCUT2D eigenvalue weighted by Gasteiger charge is 2.51. The Morgan fingerprint density at radius 3 is 2.58 bits per heavy atom. The highest BCUT2D eigenvalue weighted by Crippen LogP contribution is 2.46. The van der Waals surface area contributed by atoms with Crippen molar-refractivity contribution in [3.8, 4) is 0 Å². The molecule has 6 rings (SSSR count). The number of carbonyl (C=O) groups excluding carboxylic acids is 3. The topological polar surface area (TPSA) is 80.2 Å². The smallest absolute Gasteiger partial charge is 0.330 e. The van der Waals surface area contributed by atoms with Crippen LogP contribution in [0.2, 0.25) is 0 Å². The number of rotatable bonds is 5. The van der Waals surface area contributed by atoms with Crippen molar-refractivity contribution in [2.75, 3.05) is 6.54 Å². The van der Waals surface area contributed by atoms with Crippen molar-refractivity contribution in [3.63, 3.8) is 0 Å². The fourth-order valence-electron chi connectivity index (χ4n) is 6.85. The molecule has 9 heteroatoms. The summed E-state index contributed by atoms with van der Waals surface area (Å²) < 4.78 is 40.3. The maximum Gasteiger partial charge on any atom is 0.406 e. The Labute approximate surface area is 229 Å². The lowest BCUT2D eigenvalue weighted by atomic mass is 9.77. The normalized spacial score (nSPS) is 25.8. The average Bonchev–Trinajstić information content (AvgIpc) is 3.44. The van der Waals surface area contributed by atoms with E-state index in [0.29, 0.717) is 18.4 Å². The first kappa shape index (κ1) is 26.3. The molecule has 0 N–H and O–H groups in total. The number of carbonyl (C=O) groups is 3. The van der Waals surface area contributed by atoms with Crippen LogP contribution in [0.25, 0.3) is 0 Å². The second-order valence-electron chi connectivity index (χ2n) is 11.3. The van der Waals surface area contributed by atoms with Gasteiger partial charge < -0.3 is 4.90 Å². The van der Waals surface area contributed by atoms with E-state index in [4.69, 9.17) is 0 Å². The molecular weight excluding hydrogens is 519 g/mol. The summed E-state index contributed by atoms with van der Waals surface area (Å²) in [5.74, 6) is -2.13. The van der Waals surface area contributed by atoms with Gasteiger partial charge in [0.2, 0.25) is 5.91 Å². The summed E-state index contributed by atoms with van der Waals surface area (Å²) >= 11 is 0. The molecule has 3 heterocycles. The van der Waals surface area contributed by atoms with Crippen molar-refractivity contribution < 1.29 is 27.6 Å². The van der Waals surface area contributed by atoms with Crippen molar-refractivity contribution in [1.29, 1.82) is 0 Å². The molecule has 0 unspecified atom stereocenters. The lowest BCUT2D eigenvalue weighted by Gasteiger charge is -2.43. The van der Waals surface area contributed by atoms with Crippen LogP contribution in [-0.4, -0.2) is 51.1 Å². The Kier molecular flexibility index (Phi) is 6.35. The van der Waals surface area contributed by atoms with Gasteiger partial charge in [-0.3, -0.25) is 24.4 Å². The molecule has 0 saturated carbocycles. The fourth-order valence-corrected chi connectivity index (χ4v) is 6.85. The number of likely N-dealkylation sites (tertiary alicyclic amines) is 1. The van der Waals surface area contributed by atoms with E-state index >= 15 is 0 Å². The predicted octanol–water partition coefficient (Wildman–Crippen LogP) is 4.79. The van der Waals surface area contributed by atoms with Gasteiger partial charge >= 0.3 is 6.18 Å². The number of ketones is 2. The number of hydrogen-bond acceptors (Lipinski definition) is 5. The molecule has 1 aromatic carbocycles. The summed E-state index contributed by atoms with van der Waals surface area (Å²) in [6.07, 6.45) is -0.209. The van der Waals surface area contributed by atoms with Crippen molar-refractivity contribution in [2.45, 2.75) is 62.6 Å². The first-order chi connectivity index (χ1) is 19.1. The number of fused-ring (bicyclic) bond motifs is 3. The Morgan fingerprint density at radius 2 is 1.82 bits per heavy atom. The monoisotopic (exact) mass is 547 g/mol. The van der Waals surface area contributed by atoms with Crippen LogP contribution < -0.4 is 0 Å². The SMILES string of the molecule is C[C@@H]1[C@H](c2ccccc2)C[C@H](CC(=O)c2cnc3c(c2)C[C@@]2(C3)C(=O)Cc3ncccc32)C(=O)N1CC(F)(F)F. The minimum atomic E-state index is -4.55. The maximum absolute atomic E-state index is 13.4. The van der Waals surface area contributed by atoms with Gasteiger partial charge in [-0.15, -0.1) is 0 Å². The van der Waals surface area contributed by atoms with Crippen LogP contribution in [0, 0.1) is 5.92 Å². The summed E-state index contributed by atoms with van der Waals surface area (Å²) in [5, 5.41) is 0. The van der Waals surface area contributed by atoms with Crippen LogP contribution in [0.5, 0.6) is 0 Å². The summed E-state index contributed by atoms with van der Waals surface area (Å²) in [7, 11) is 0. The van der Waals surface area contributed by atoms with Gasteiger partial charge in [-0.2, -0.15) is 13.2 Å². The van der Waals surface area contributed by atoms with Gasteiger partial charge in [0, 0.05) is 60.8 Å². The van der Waals surface area contributed by atoms with Crippen LogP contribution in [0.1, 0.15) is 64.1 Å². The largest absolute Gasteiger partial charge is 0.406 e. The molecule has 2 aliphatic carbocycles. The zero-order valence-electron chi connectivity index (χ0n) is 21.9. The molecule has 6 nitrogen and oxygen atoms in total. The molecule has 2 aromatic heterocycles. The van der Waals surface area contributed by atoms with Crippen LogP contribution in [0.15, 0.2) is 60.9 Å². The van der Waals surface area contributed by atoms with Crippen LogP contribution in [-0.2, 0) is 34.3 Å². The van der Waals surface area contributed by atoms with E-state index < -0.39 is 36.0 Å². The van der Waals surface area contributed by atoms with Gasteiger partial charge in [-0.1, -0.05) is 36.4 Å². The average molecular weight is 548 g/mol. The number of halogens is 3. The van der Waals surface area contributed by atoms with E-state index in [1.54, 1.807) is 19.2 Å². The molecular formula is C31H28F3N3O3. The van der Waals surface area contributed by atoms with Gasteiger partial charge in [-0.05, 0) is 48.6 Å². The molecule has 1 saturated heterocycles. The van der Waals surface area contributed by atoms with E-state index in [9.17, 15) is 27.6 Å². The second kappa shape index (κ2) is 9.64. The van der Waals surface area contributed by atoms with Gasteiger partial charge in [0.1, 0.15) is 12.3 Å². The number of pyridine rings is 2. The summed E-state index contributed by atoms with van der Waals surface area (Å²) in [6, 6.07) is 14.0. The maximum atomic E-state index is 13.4. The third kappa shape index (κ3) is 4.51. The number of piperidine rings is 1. The number of hydrogen-bond donors (Lipinski definition) is 0. The third-order valence-electron chi connectivity index (χ3n) is 8.86. The Bertz CT molecular complexity index is 1510. The molecule has 3 aliphatic rings. The van der Waals surface area contributed by atoms with Crippen molar-refractivity contribution in [3.05, 3.63) is 94.6 Å². The number of amides is 1. The molecule has 0 bridgehead atoms. The van der Waals surface area contributed by atoms with Crippen molar-refractivity contribution in [1.82, 2.24) is 14.9 Å². The minimum absolute atomic E-state index is 0.0886. The number of aromatic nitrogens is 2. The number of alkyl halides is 3. The van der Waals surface area contributed by atoms with E-state index in [1.165, 1.54) is 6.20 Å². The van der Waals surface area contributed by atoms with Crippen LogP contribution in [0.4, 0.5) is 13.2 Å². The summed E-state index contributed by atoms with van der Waals surface area (Å²) in [4.78, 5) is 49.6. The first-order valence-corrected chi connectivity index (χ1v) is 13.5. The predicted molar refractivity (Wildman–Crippen MR) is 140 cm³/mol. The molecule has 40 heavy (non-hydrogen) atoms. The van der Waals surface area contributed by atoms with Crippen molar-refractivity contribution in [2.24, 2.45) is 5.92 Å². The molecule has 3 aromatic rings. The second-order valence-corrected chi connectivity index (χ2v) is 11.3. The van der Waals surface area contributed by atoms with Crippen LogP contribution in [0.3, 0.4) is 0 Å². The van der Waals surface area contributed by atoms with Gasteiger partial charge in [0.05, 0.1) is 11.1 Å². The van der Waals surface area contributed by atoms with Crippen LogP contribution >= 0.6 is 0 Å². The number of Topliss-reactive ketones (excluding diaryl/α,β-unsaturated/α-hetero) is 2. The lowest BCUT2D eigenvalue weighted by Crippen LogP contribution is -2.53. The Morgan fingerprint density at radius 1 is 1.05 bits per heavy atom. The molecule has 1 spiro atoms. The van der Waals surface area contributed by atoms with E-state index in [2.05, 4.69) is 9.97 Å². The first-order valence-electron chi connectivity index (χ1n) is 13.5. The minimum Gasteiger partial charge on any atom is -0.330 e. The molecule has 206 valence electrons. The molecule has 4 atom stereocenters. The molecule has 0 radical (unpaired) electrons. The standard InChI is InChI=1S/C31H28F3N3O3/c1-18-23(19-6-3-2-4-7-19)11-20(29(40)37(18)17-31(32,33)34)12-27(38)22-10-21-14-30(15-26(21)36-16-22)24-8-5-9-35-25(24)13-28(30)39/h2-10,16,18,20,23H,11-15,17H2,1H3/t18-,20-,23-,30+/m1/s1. The van der Waals surface area contributed by atoms with E-state index in [1.807, 2.05) is 42.5 Å². The van der Waals surface area contributed by atoms with Gasteiger partial charge in [-0.25, -0.2) is 0 Å². The molecule has 1 aliphatic heterocycles. The molecule has 1 fully saturated rings. The van der Waals surface area contributed by atoms with Crippen molar-refractivity contribution >= 4 is 17.5 Å². The number of nitrogens with zero attached hydrogens (tertiary/aromatic N) is 3. The summed E-state index contributed by atoms with van der Waals surface area (Å²) in [5.41, 5.74) is 3.66. The highest BCUT2D eigenvalue weighted by molar-refractivity contribution is 6.00. The van der Waals surface area contributed by atoms with E-state index in [0.717, 1.165) is 33.0 Å². The third-order valence-corrected chi connectivity index (χ3v) is 8.86. The highest BCUT2D eigenvalue weighted by atomic mass is 19.4. The fraction of sp³-hybridized carbons (Fsp3) is 0.387. The lowest BCUT2D eigenvalue weighted by molar-refractivity contribution is -0.172. The van der Waals surface area contributed by atoms with E-state index in [-0.39, 0.29) is 36.7 Å².